The maximum Gasteiger partial charge on any atom is 0.404 e. The predicted molar refractivity (Wildman–Crippen MR) is 44.8 cm³/mol. The van der Waals surface area contributed by atoms with Crippen LogP contribution in [-0.4, -0.2) is 22.2 Å². The van der Waals surface area contributed by atoms with Gasteiger partial charge in [-0.05, 0) is 0 Å². The Bertz CT molecular complexity index is 315. The van der Waals surface area contributed by atoms with E-state index < -0.39 is 18.6 Å². The molecule has 0 aliphatic rings. The maximum atomic E-state index is 12.0. The molecule has 1 aromatic heterocycles. The normalized spacial score (nSPS) is 14.1. The first-order chi connectivity index (χ1) is 6.39. The van der Waals surface area contributed by atoms with Gasteiger partial charge in [0, 0.05) is 12.6 Å². The molecule has 1 unspecified atom stereocenters. The van der Waals surface area contributed by atoms with Crippen molar-refractivity contribution in [3.05, 3.63) is 23.2 Å². The van der Waals surface area contributed by atoms with E-state index in [1.54, 1.807) is 0 Å². The van der Waals surface area contributed by atoms with Crippen LogP contribution in [0.3, 0.4) is 0 Å². The fourth-order valence-electron chi connectivity index (χ4n) is 0.819. The first kappa shape index (κ1) is 11.2. The van der Waals surface area contributed by atoms with Gasteiger partial charge in [0.1, 0.15) is 11.2 Å². The Kier molecular flexibility index (Phi) is 3.28. The Hall–Kier alpha value is -0.880. The van der Waals surface area contributed by atoms with Crippen LogP contribution in [0.15, 0.2) is 12.4 Å². The van der Waals surface area contributed by atoms with Gasteiger partial charge < -0.3 is 5.73 Å². The standard InChI is InChI=1S/C7H7ClF3N3/c8-6-3-13-2-4(14-6)1-5(12)7(9,10)11/h2-3,5H,1,12H2. The van der Waals surface area contributed by atoms with E-state index in [1.807, 2.05) is 0 Å². The monoisotopic (exact) mass is 225 g/mol. The molecule has 3 nitrogen and oxygen atoms in total. The van der Waals surface area contributed by atoms with Crippen molar-refractivity contribution in [2.45, 2.75) is 18.6 Å². The number of rotatable bonds is 2. The number of halogens is 4. The second-order valence-corrected chi connectivity index (χ2v) is 3.07. The Balaban J connectivity index is 2.70. The van der Waals surface area contributed by atoms with Crippen LogP contribution in [0.2, 0.25) is 5.15 Å². The highest BCUT2D eigenvalue weighted by molar-refractivity contribution is 6.29. The van der Waals surface area contributed by atoms with Crippen LogP contribution in [0.4, 0.5) is 13.2 Å². The first-order valence-corrected chi connectivity index (χ1v) is 4.06. The summed E-state index contributed by atoms with van der Waals surface area (Å²) in [7, 11) is 0. The molecule has 7 heteroatoms. The van der Waals surface area contributed by atoms with Crippen molar-refractivity contribution in [1.82, 2.24) is 9.97 Å². The molecule has 0 aliphatic carbocycles. The van der Waals surface area contributed by atoms with Crippen LogP contribution in [0.5, 0.6) is 0 Å². The maximum absolute atomic E-state index is 12.0. The molecule has 0 saturated heterocycles. The summed E-state index contributed by atoms with van der Waals surface area (Å²) in [6, 6.07) is -1.93. The minimum absolute atomic E-state index is 0.0527. The third-order valence-electron chi connectivity index (χ3n) is 1.50. The number of hydrogen-bond donors (Lipinski definition) is 1. The summed E-state index contributed by atoms with van der Waals surface area (Å²) in [6.45, 7) is 0. The van der Waals surface area contributed by atoms with E-state index in [0.29, 0.717) is 0 Å². The number of nitrogens with zero attached hydrogens (tertiary/aromatic N) is 2. The van der Waals surface area contributed by atoms with Gasteiger partial charge in [0.15, 0.2) is 0 Å². The number of hydrogen-bond acceptors (Lipinski definition) is 3. The fraction of sp³-hybridized carbons (Fsp3) is 0.429. The molecule has 0 fully saturated rings. The van der Waals surface area contributed by atoms with E-state index in [0.717, 1.165) is 0 Å². The highest BCUT2D eigenvalue weighted by Crippen LogP contribution is 2.20. The Morgan fingerprint density at radius 3 is 2.57 bits per heavy atom. The molecule has 0 aliphatic heterocycles. The summed E-state index contributed by atoms with van der Waals surface area (Å²) < 4.78 is 36.1. The molecule has 0 bridgehead atoms. The summed E-state index contributed by atoms with van der Waals surface area (Å²) >= 11 is 5.45. The first-order valence-electron chi connectivity index (χ1n) is 3.68. The lowest BCUT2D eigenvalue weighted by atomic mass is 10.2. The van der Waals surface area contributed by atoms with Gasteiger partial charge in [-0.25, -0.2) is 4.98 Å². The average molecular weight is 226 g/mol. The molecule has 1 rings (SSSR count). The van der Waals surface area contributed by atoms with Gasteiger partial charge in [-0.3, -0.25) is 4.98 Å². The summed E-state index contributed by atoms with van der Waals surface area (Å²) in [5, 5.41) is 0.0527. The third kappa shape index (κ3) is 3.12. The molecule has 0 radical (unpaired) electrons. The lowest BCUT2D eigenvalue weighted by molar-refractivity contribution is -0.147. The Morgan fingerprint density at radius 1 is 1.43 bits per heavy atom. The molecular weight excluding hydrogens is 219 g/mol. The largest absolute Gasteiger partial charge is 0.404 e. The second kappa shape index (κ2) is 4.10. The van der Waals surface area contributed by atoms with Gasteiger partial charge in [-0.15, -0.1) is 0 Å². The summed E-state index contributed by atoms with van der Waals surface area (Å²) in [5.41, 5.74) is 5.02. The smallest absolute Gasteiger partial charge is 0.320 e. The number of nitrogens with two attached hydrogens (primary N) is 1. The van der Waals surface area contributed by atoms with Crippen LogP contribution in [0.25, 0.3) is 0 Å². The Morgan fingerprint density at radius 2 is 2.07 bits per heavy atom. The average Bonchev–Trinajstić information content (AvgIpc) is 2.02. The lowest BCUT2D eigenvalue weighted by Crippen LogP contribution is -2.39. The van der Waals surface area contributed by atoms with E-state index in [2.05, 4.69) is 9.97 Å². The quantitative estimate of drug-likeness (QED) is 0.831. The minimum Gasteiger partial charge on any atom is -0.320 e. The minimum atomic E-state index is -4.43. The van der Waals surface area contributed by atoms with Crippen molar-refractivity contribution in [2.24, 2.45) is 5.73 Å². The van der Waals surface area contributed by atoms with Crippen molar-refractivity contribution in [3.8, 4) is 0 Å². The van der Waals surface area contributed by atoms with E-state index in [1.165, 1.54) is 12.4 Å². The van der Waals surface area contributed by atoms with E-state index in [4.69, 9.17) is 17.3 Å². The molecule has 78 valence electrons. The van der Waals surface area contributed by atoms with Gasteiger partial charge in [-0.2, -0.15) is 13.2 Å². The molecule has 0 saturated carbocycles. The predicted octanol–water partition coefficient (Wildman–Crippen LogP) is 1.56. The van der Waals surface area contributed by atoms with Crippen molar-refractivity contribution in [3.63, 3.8) is 0 Å². The highest BCUT2D eigenvalue weighted by atomic mass is 35.5. The van der Waals surface area contributed by atoms with E-state index >= 15 is 0 Å². The number of alkyl halides is 3. The molecule has 1 aromatic rings. The summed E-state index contributed by atoms with van der Waals surface area (Å²) in [5.74, 6) is 0. The Labute approximate surface area is 83.1 Å². The van der Waals surface area contributed by atoms with E-state index in [-0.39, 0.29) is 10.8 Å². The second-order valence-electron chi connectivity index (χ2n) is 2.69. The van der Waals surface area contributed by atoms with Gasteiger partial charge >= 0.3 is 6.18 Å². The van der Waals surface area contributed by atoms with Gasteiger partial charge in [0.25, 0.3) is 0 Å². The van der Waals surface area contributed by atoms with Crippen molar-refractivity contribution >= 4 is 11.6 Å². The zero-order valence-electron chi connectivity index (χ0n) is 6.92. The summed E-state index contributed by atoms with van der Waals surface area (Å²) in [4.78, 5) is 7.25. The number of aromatic nitrogens is 2. The van der Waals surface area contributed by atoms with Crippen molar-refractivity contribution in [2.75, 3.05) is 0 Å². The zero-order chi connectivity index (χ0) is 10.8. The van der Waals surface area contributed by atoms with Gasteiger partial charge in [0.05, 0.1) is 11.9 Å². The SMILES string of the molecule is NC(Cc1cncc(Cl)n1)C(F)(F)F. The summed E-state index contributed by atoms with van der Waals surface area (Å²) in [6.07, 6.45) is -2.40. The molecule has 2 N–H and O–H groups in total. The molecule has 0 amide bonds. The third-order valence-corrected chi connectivity index (χ3v) is 1.69. The van der Waals surface area contributed by atoms with Crippen LogP contribution < -0.4 is 5.73 Å². The van der Waals surface area contributed by atoms with Crippen LogP contribution in [0.1, 0.15) is 5.69 Å². The van der Waals surface area contributed by atoms with Crippen molar-refractivity contribution in [1.29, 1.82) is 0 Å². The van der Waals surface area contributed by atoms with Gasteiger partial charge in [0.2, 0.25) is 0 Å². The van der Waals surface area contributed by atoms with Crippen LogP contribution >= 0.6 is 11.6 Å². The van der Waals surface area contributed by atoms with E-state index in [9.17, 15) is 13.2 Å². The fourth-order valence-corrected chi connectivity index (χ4v) is 0.984. The highest BCUT2D eigenvalue weighted by Gasteiger charge is 2.36. The molecule has 0 aromatic carbocycles. The lowest BCUT2D eigenvalue weighted by Gasteiger charge is -2.14. The molecular formula is C7H7ClF3N3. The van der Waals surface area contributed by atoms with Crippen LogP contribution in [0, 0.1) is 0 Å². The molecule has 1 heterocycles. The van der Waals surface area contributed by atoms with Gasteiger partial charge in [-0.1, -0.05) is 11.6 Å². The molecule has 14 heavy (non-hydrogen) atoms. The topological polar surface area (TPSA) is 51.8 Å². The van der Waals surface area contributed by atoms with Crippen molar-refractivity contribution < 1.29 is 13.2 Å². The van der Waals surface area contributed by atoms with Crippen LogP contribution in [-0.2, 0) is 6.42 Å². The zero-order valence-corrected chi connectivity index (χ0v) is 7.68. The molecule has 1 atom stereocenters. The molecule has 0 spiro atoms.